The van der Waals surface area contributed by atoms with Gasteiger partial charge in [-0.1, -0.05) is 36.4 Å². The number of aromatic nitrogens is 1. The molecule has 1 atom stereocenters. The van der Waals surface area contributed by atoms with Crippen molar-refractivity contribution in [3.05, 3.63) is 54.6 Å². The molecule has 0 bridgehead atoms. The summed E-state index contributed by atoms with van der Waals surface area (Å²) in [4.78, 5) is 15.2. The fraction of sp³-hybridized carbons (Fsp3) is 0.464. The zero-order valence-corrected chi connectivity index (χ0v) is 21.8. The highest BCUT2D eigenvalue weighted by Gasteiger charge is 2.34. The largest absolute Gasteiger partial charge is 0.377 e. The van der Waals surface area contributed by atoms with E-state index in [4.69, 9.17) is 4.74 Å². The van der Waals surface area contributed by atoms with Gasteiger partial charge in [-0.05, 0) is 63.3 Å². The van der Waals surface area contributed by atoms with E-state index in [0.717, 1.165) is 28.7 Å². The average molecular weight is 510 g/mol. The Hall–Kier alpha value is -2.68. The molecule has 0 spiro atoms. The summed E-state index contributed by atoms with van der Waals surface area (Å²) in [5, 5.41) is 1.02. The van der Waals surface area contributed by atoms with Gasteiger partial charge in [-0.3, -0.25) is 4.79 Å². The number of morpholine rings is 1. The summed E-state index contributed by atoms with van der Waals surface area (Å²) in [6.45, 7) is 6.64. The van der Waals surface area contributed by atoms with E-state index in [-0.39, 0.29) is 28.8 Å². The first-order chi connectivity index (χ1) is 17.4. The van der Waals surface area contributed by atoms with Gasteiger partial charge in [0.05, 0.1) is 24.2 Å². The van der Waals surface area contributed by atoms with Crippen LogP contribution in [0.1, 0.15) is 39.5 Å². The second-order valence-electron chi connectivity index (χ2n) is 9.99. The highest BCUT2D eigenvalue weighted by Crippen LogP contribution is 2.31. The van der Waals surface area contributed by atoms with E-state index >= 15 is 0 Å². The molecular formula is C28H35N3O4S. The van der Waals surface area contributed by atoms with Gasteiger partial charge in [-0.25, -0.2) is 13.1 Å². The summed E-state index contributed by atoms with van der Waals surface area (Å²) in [6.07, 6.45) is 2.74. The molecule has 1 aliphatic carbocycles. The summed E-state index contributed by atoms with van der Waals surface area (Å²) in [5.41, 5.74) is 3.09. The smallest absolute Gasteiger partial charge is 0.240 e. The molecule has 2 fully saturated rings. The molecule has 192 valence electrons. The third-order valence-corrected chi connectivity index (χ3v) is 9.14. The molecule has 1 saturated carbocycles. The van der Waals surface area contributed by atoms with Gasteiger partial charge in [-0.15, -0.1) is 0 Å². The van der Waals surface area contributed by atoms with Gasteiger partial charge in [0.1, 0.15) is 0 Å². The van der Waals surface area contributed by atoms with E-state index in [1.54, 1.807) is 12.1 Å². The molecule has 2 aromatic carbocycles. The molecule has 0 unspecified atom stereocenters. The van der Waals surface area contributed by atoms with Gasteiger partial charge in [0.15, 0.2) is 0 Å². The number of amides is 1. The number of benzene rings is 2. The number of rotatable bonds is 6. The van der Waals surface area contributed by atoms with Gasteiger partial charge in [0, 0.05) is 41.6 Å². The Morgan fingerprint density at radius 3 is 2.50 bits per heavy atom. The van der Waals surface area contributed by atoms with E-state index < -0.39 is 10.0 Å². The molecule has 2 aliphatic rings. The molecule has 1 N–H and O–H groups in total. The van der Waals surface area contributed by atoms with Crippen LogP contribution in [0.25, 0.3) is 22.2 Å². The SMILES string of the molecule is CCn1c(-c2ccccc2)cc2ccc(S(=O)(=O)N[C@H]3CC[C@H](C(=O)N4CCOC[C@@H]4C)CC3)cc21. The number of aryl methyl sites for hydroxylation is 1. The van der Waals surface area contributed by atoms with Crippen LogP contribution in [0.4, 0.5) is 0 Å². The molecule has 1 amide bonds. The number of hydrogen-bond donors (Lipinski definition) is 1. The van der Waals surface area contributed by atoms with Crippen LogP contribution in [0.15, 0.2) is 59.5 Å². The minimum absolute atomic E-state index is 0.0353. The molecule has 0 radical (unpaired) electrons. The van der Waals surface area contributed by atoms with Crippen molar-refractivity contribution in [1.82, 2.24) is 14.2 Å². The summed E-state index contributed by atoms with van der Waals surface area (Å²) in [6, 6.07) is 17.6. The maximum absolute atomic E-state index is 13.3. The van der Waals surface area contributed by atoms with Crippen LogP contribution in [0.2, 0.25) is 0 Å². The van der Waals surface area contributed by atoms with Crippen LogP contribution in [-0.2, 0) is 26.1 Å². The molecular weight excluding hydrogens is 474 g/mol. The van der Waals surface area contributed by atoms with Crippen molar-refractivity contribution in [3.63, 3.8) is 0 Å². The number of nitrogens with zero attached hydrogens (tertiary/aromatic N) is 2. The van der Waals surface area contributed by atoms with Crippen LogP contribution in [0.5, 0.6) is 0 Å². The minimum atomic E-state index is -3.67. The minimum Gasteiger partial charge on any atom is -0.377 e. The van der Waals surface area contributed by atoms with Gasteiger partial charge >= 0.3 is 0 Å². The molecule has 1 saturated heterocycles. The van der Waals surface area contributed by atoms with Crippen molar-refractivity contribution < 1.29 is 17.9 Å². The highest BCUT2D eigenvalue weighted by molar-refractivity contribution is 7.89. The van der Waals surface area contributed by atoms with Gasteiger partial charge in [0.25, 0.3) is 0 Å². The lowest BCUT2D eigenvalue weighted by Crippen LogP contribution is -2.50. The van der Waals surface area contributed by atoms with Crippen LogP contribution in [0, 0.1) is 5.92 Å². The predicted molar refractivity (Wildman–Crippen MR) is 141 cm³/mol. The highest BCUT2D eigenvalue weighted by atomic mass is 32.2. The monoisotopic (exact) mass is 509 g/mol. The van der Waals surface area contributed by atoms with Crippen molar-refractivity contribution in [3.8, 4) is 11.3 Å². The second kappa shape index (κ2) is 10.4. The number of carbonyl (C=O) groups excluding carboxylic acids is 1. The standard InChI is InChI=1S/C28H35N3O4S/c1-3-30-26(21-7-5-4-6-8-21)17-23-11-14-25(18-27(23)30)36(33,34)29-24-12-9-22(10-13-24)28(32)31-15-16-35-19-20(31)2/h4-8,11,14,17-18,20,22,24,29H,3,9-10,12-13,15-16,19H2,1-2H3/t20-,22-,24-/m0/s1. The zero-order chi connectivity index (χ0) is 25.3. The third kappa shape index (κ3) is 4.94. The second-order valence-corrected chi connectivity index (χ2v) is 11.7. The molecule has 3 aromatic rings. The van der Waals surface area contributed by atoms with E-state index in [1.807, 2.05) is 36.1 Å². The summed E-state index contributed by atoms with van der Waals surface area (Å²) in [7, 11) is -3.67. The van der Waals surface area contributed by atoms with E-state index in [0.29, 0.717) is 45.4 Å². The van der Waals surface area contributed by atoms with Crippen LogP contribution in [0.3, 0.4) is 0 Å². The van der Waals surface area contributed by atoms with Crippen molar-refractivity contribution in [2.75, 3.05) is 19.8 Å². The van der Waals surface area contributed by atoms with Crippen molar-refractivity contribution in [1.29, 1.82) is 0 Å². The molecule has 36 heavy (non-hydrogen) atoms. The number of fused-ring (bicyclic) bond motifs is 1. The number of nitrogens with one attached hydrogen (secondary N) is 1. The van der Waals surface area contributed by atoms with Gasteiger partial charge in [-0.2, -0.15) is 0 Å². The first-order valence-corrected chi connectivity index (χ1v) is 14.4. The maximum atomic E-state index is 13.3. The van der Waals surface area contributed by atoms with Crippen LogP contribution in [-0.4, -0.2) is 55.6 Å². The van der Waals surface area contributed by atoms with Crippen molar-refractivity contribution in [2.45, 2.75) is 63.1 Å². The van der Waals surface area contributed by atoms with Gasteiger partial charge < -0.3 is 14.2 Å². The molecule has 2 heterocycles. The molecule has 5 rings (SSSR count). The topological polar surface area (TPSA) is 80.6 Å². The van der Waals surface area contributed by atoms with E-state index in [9.17, 15) is 13.2 Å². The fourth-order valence-electron chi connectivity index (χ4n) is 5.62. The Kier molecular flexibility index (Phi) is 7.19. The summed E-state index contributed by atoms with van der Waals surface area (Å²) < 4.78 is 37.2. The molecule has 7 nitrogen and oxygen atoms in total. The number of ether oxygens (including phenoxy) is 1. The molecule has 1 aliphatic heterocycles. The van der Waals surface area contributed by atoms with Gasteiger partial charge in [0.2, 0.25) is 15.9 Å². The lowest BCUT2D eigenvalue weighted by molar-refractivity contribution is -0.144. The first-order valence-electron chi connectivity index (χ1n) is 13.0. The summed E-state index contributed by atoms with van der Waals surface area (Å²) >= 11 is 0. The zero-order valence-electron chi connectivity index (χ0n) is 21.0. The lowest BCUT2D eigenvalue weighted by atomic mass is 9.85. The predicted octanol–water partition coefficient (Wildman–Crippen LogP) is 4.41. The Balaban J connectivity index is 1.29. The number of hydrogen-bond acceptors (Lipinski definition) is 4. The van der Waals surface area contributed by atoms with Crippen molar-refractivity contribution in [2.24, 2.45) is 5.92 Å². The van der Waals surface area contributed by atoms with E-state index in [2.05, 4.69) is 34.4 Å². The maximum Gasteiger partial charge on any atom is 0.240 e. The Morgan fingerprint density at radius 2 is 1.81 bits per heavy atom. The van der Waals surface area contributed by atoms with E-state index in [1.165, 1.54) is 0 Å². The molecule has 8 heteroatoms. The Morgan fingerprint density at radius 1 is 1.06 bits per heavy atom. The number of carbonyl (C=O) groups is 1. The first kappa shape index (κ1) is 25.0. The van der Waals surface area contributed by atoms with Crippen LogP contribution >= 0.6 is 0 Å². The third-order valence-electron chi connectivity index (χ3n) is 7.62. The normalized spacial score (nSPS) is 23.2. The average Bonchev–Trinajstić information content (AvgIpc) is 3.27. The Labute approximate surface area is 213 Å². The fourth-order valence-corrected chi connectivity index (χ4v) is 6.95. The van der Waals surface area contributed by atoms with Crippen LogP contribution < -0.4 is 4.72 Å². The quantitative estimate of drug-likeness (QED) is 0.534. The summed E-state index contributed by atoms with van der Waals surface area (Å²) in [5.74, 6) is 0.152. The number of sulfonamides is 1. The molecule has 1 aromatic heterocycles. The van der Waals surface area contributed by atoms with Crippen molar-refractivity contribution >= 4 is 26.8 Å². The Bertz CT molecular complexity index is 1330. The lowest BCUT2D eigenvalue weighted by Gasteiger charge is -2.37.